The largest absolute Gasteiger partial charge is 0.338 e. The molecular formula is C29H29N7O3. The van der Waals surface area contributed by atoms with Crippen LogP contribution in [-0.2, 0) is 9.59 Å². The van der Waals surface area contributed by atoms with Crippen LogP contribution in [0.1, 0.15) is 36.0 Å². The minimum absolute atomic E-state index is 0.0255. The Hall–Kier alpha value is -4.57. The molecule has 2 aromatic carbocycles. The average Bonchev–Trinajstić information content (AvgIpc) is 3.74. The highest BCUT2D eigenvalue weighted by Crippen LogP contribution is 2.26. The Kier molecular flexibility index (Phi) is 6.76. The van der Waals surface area contributed by atoms with E-state index in [0.29, 0.717) is 35.7 Å². The molecule has 198 valence electrons. The lowest BCUT2D eigenvalue weighted by atomic mass is 10.1. The van der Waals surface area contributed by atoms with E-state index in [2.05, 4.69) is 25.9 Å². The van der Waals surface area contributed by atoms with Gasteiger partial charge in [-0.25, -0.2) is 4.98 Å². The van der Waals surface area contributed by atoms with Gasteiger partial charge < -0.3 is 25.8 Å². The Morgan fingerprint density at radius 2 is 1.74 bits per heavy atom. The maximum absolute atomic E-state index is 13.1. The number of likely N-dealkylation sites (tertiary alicyclic amines) is 1. The van der Waals surface area contributed by atoms with E-state index in [1.54, 1.807) is 23.2 Å². The van der Waals surface area contributed by atoms with E-state index in [0.717, 1.165) is 42.4 Å². The Balaban J connectivity index is 1.11. The van der Waals surface area contributed by atoms with E-state index < -0.39 is 6.04 Å². The summed E-state index contributed by atoms with van der Waals surface area (Å²) in [6.45, 7) is 1.41. The van der Waals surface area contributed by atoms with Crippen molar-refractivity contribution in [1.29, 1.82) is 0 Å². The first-order valence-electron chi connectivity index (χ1n) is 13.2. The summed E-state index contributed by atoms with van der Waals surface area (Å²) in [5.41, 5.74) is 4.30. The molecule has 2 fully saturated rings. The average molecular weight is 524 g/mol. The van der Waals surface area contributed by atoms with E-state index in [1.807, 2.05) is 42.5 Å². The molecule has 10 nitrogen and oxygen atoms in total. The van der Waals surface area contributed by atoms with E-state index in [-0.39, 0.29) is 23.8 Å². The van der Waals surface area contributed by atoms with Crippen molar-refractivity contribution in [3.8, 4) is 11.4 Å². The number of hydrogen-bond donors (Lipinski definition) is 4. The van der Waals surface area contributed by atoms with Gasteiger partial charge in [-0.15, -0.1) is 0 Å². The number of aromatic amines is 1. The van der Waals surface area contributed by atoms with Crippen LogP contribution in [0.3, 0.4) is 0 Å². The number of aromatic nitrogens is 3. The second-order valence-corrected chi connectivity index (χ2v) is 9.92. The van der Waals surface area contributed by atoms with Gasteiger partial charge >= 0.3 is 0 Å². The molecule has 2 aliphatic rings. The zero-order valence-corrected chi connectivity index (χ0v) is 21.3. The quantitative estimate of drug-likeness (QED) is 0.306. The predicted molar refractivity (Wildman–Crippen MR) is 148 cm³/mol. The molecule has 2 aliphatic heterocycles. The van der Waals surface area contributed by atoms with Gasteiger partial charge in [-0.3, -0.25) is 19.4 Å². The minimum atomic E-state index is -0.521. The molecule has 39 heavy (non-hydrogen) atoms. The van der Waals surface area contributed by atoms with Crippen molar-refractivity contribution in [2.45, 2.75) is 37.8 Å². The van der Waals surface area contributed by atoms with Crippen molar-refractivity contribution in [2.75, 3.05) is 23.7 Å². The molecule has 0 aliphatic carbocycles. The van der Waals surface area contributed by atoms with Crippen molar-refractivity contribution in [1.82, 2.24) is 25.2 Å². The second kappa shape index (κ2) is 10.7. The van der Waals surface area contributed by atoms with Crippen LogP contribution in [0.4, 0.5) is 11.4 Å². The molecule has 0 unspecified atom stereocenters. The summed E-state index contributed by atoms with van der Waals surface area (Å²) in [4.78, 5) is 52.0. The van der Waals surface area contributed by atoms with Gasteiger partial charge in [0.1, 0.15) is 11.9 Å². The molecule has 2 atom stereocenters. The highest BCUT2D eigenvalue weighted by molar-refractivity contribution is 6.01. The number of nitrogens with zero attached hydrogens (tertiary/aromatic N) is 3. The number of anilines is 2. The summed E-state index contributed by atoms with van der Waals surface area (Å²) >= 11 is 0. The number of amides is 3. The fourth-order valence-corrected chi connectivity index (χ4v) is 5.23. The molecule has 6 rings (SSSR count). The fourth-order valence-electron chi connectivity index (χ4n) is 5.23. The van der Waals surface area contributed by atoms with Crippen LogP contribution in [0.25, 0.3) is 22.4 Å². The van der Waals surface area contributed by atoms with Crippen molar-refractivity contribution in [3.63, 3.8) is 0 Å². The summed E-state index contributed by atoms with van der Waals surface area (Å²) in [6.07, 6.45) is 6.39. The Bertz CT molecular complexity index is 1510. The maximum Gasteiger partial charge on any atom is 0.256 e. The Morgan fingerprint density at radius 3 is 2.51 bits per heavy atom. The van der Waals surface area contributed by atoms with E-state index in [4.69, 9.17) is 4.98 Å². The topological polar surface area (TPSA) is 132 Å². The molecule has 2 aromatic heterocycles. The smallest absolute Gasteiger partial charge is 0.256 e. The number of rotatable bonds is 6. The molecule has 0 saturated carbocycles. The number of carbonyl (C=O) groups is 3. The van der Waals surface area contributed by atoms with Gasteiger partial charge in [0.05, 0.1) is 22.6 Å². The fraction of sp³-hybridized carbons (Fsp3) is 0.276. The molecule has 0 bridgehead atoms. The number of fused-ring (bicyclic) bond motifs is 1. The number of hydrogen-bond acceptors (Lipinski definition) is 6. The summed E-state index contributed by atoms with van der Waals surface area (Å²) in [7, 11) is 0. The summed E-state index contributed by atoms with van der Waals surface area (Å²) in [5, 5.41) is 9.13. The number of imidazole rings is 1. The Labute approximate surface area is 225 Å². The monoisotopic (exact) mass is 523 g/mol. The third kappa shape index (κ3) is 5.23. The molecule has 4 N–H and O–H groups in total. The predicted octanol–water partition coefficient (Wildman–Crippen LogP) is 3.56. The molecule has 0 radical (unpaired) electrons. The lowest BCUT2D eigenvalue weighted by Crippen LogP contribution is -2.43. The third-order valence-electron chi connectivity index (χ3n) is 7.28. The standard InChI is InChI=1S/C29H29N7O3/c37-27(23-5-2-14-31-23)33-21-11-12-22-24(16-21)35-26(34-22)18-7-9-20(10-8-18)32-28(38)25-6-3-15-36(25)29(39)19-4-1-13-30-17-19/h1,4,7-13,16-17,23,25,31H,2-3,5-6,14-15H2,(H,32,38)(H,33,37)(H,34,35)/t23-,25-/m0/s1. The lowest BCUT2D eigenvalue weighted by Gasteiger charge is -2.24. The highest BCUT2D eigenvalue weighted by atomic mass is 16.2. The first-order valence-corrected chi connectivity index (χ1v) is 13.2. The number of carbonyl (C=O) groups excluding carboxylic acids is 3. The number of H-pyrrole nitrogens is 1. The van der Waals surface area contributed by atoms with Gasteiger partial charge in [-0.1, -0.05) is 0 Å². The van der Waals surface area contributed by atoms with Gasteiger partial charge in [0.15, 0.2) is 0 Å². The van der Waals surface area contributed by atoms with Crippen molar-refractivity contribution >= 4 is 40.1 Å². The molecule has 3 amide bonds. The van der Waals surface area contributed by atoms with Crippen molar-refractivity contribution in [2.24, 2.45) is 0 Å². The number of pyridine rings is 1. The molecule has 2 saturated heterocycles. The summed E-state index contributed by atoms with van der Waals surface area (Å²) < 4.78 is 0. The number of nitrogens with one attached hydrogen (secondary N) is 4. The van der Waals surface area contributed by atoms with E-state index in [1.165, 1.54) is 6.20 Å². The van der Waals surface area contributed by atoms with E-state index >= 15 is 0 Å². The summed E-state index contributed by atoms with van der Waals surface area (Å²) in [6, 6.07) is 15.8. The van der Waals surface area contributed by atoms with Crippen LogP contribution in [-0.4, -0.2) is 62.7 Å². The van der Waals surface area contributed by atoms with Crippen LogP contribution in [0.15, 0.2) is 67.0 Å². The lowest BCUT2D eigenvalue weighted by molar-refractivity contribution is -0.120. The summed E-state index contributed by atoms with van der Waals surface area (Å²) in [5.74, 6) is 0.276. The molecular weight excluding hydrogens is 494 g/mol. The van der Waals surface area contributed by atoms with Gasteiger partial charge in [0.2, 0.25) is 11.8 Å². The van der Waals surface area contributed by atoms with Gasteiger partial charge in [0.25, 0.3) is 5.91 Å². The zero-order chi connectivity index (χ0) is 26.8. The second-order valence-electron chi connectivity index (χ2n) is 9.92. The normalized spacial score (nSPS) is 18.8. The first kappa shape index (κ1) is 24.7. The first-order chi connectivity index (χ1) is 19.0. The van der Waals surface area contributed by atoms with Gasteiger partial charge in [0, 0.05) is 35.9 Å². The molecule has 10 heteroatoms. The van der Waals surface area contributed by atoms with Crippen LogP contribution in [0.2, 0.25) is 0 Å². The van der Waals surface area contributed by atoms with Gasteiger partial charge in [-0.2, -0.15) is 0 Å². The van der Waals surface area contributed by atoms with Crippen LogP contribution in [0, 0.1) is 0 Å². The maximum atomic E-state index is 13.1. The van der Waals surface area contributed by atoms with Crippen molar-refractivity contribution < 1.29 is 14.4 Å². The van der Waals surface area contributed by atoms with Gasteiger partial charge in [-0.05, 0) is 86.8 Å². The van der Waals surface area contributed by atoms with Crippen molar-refractivity contribution in [3.05, 3.63) is 72.6 Å². The molecule has 4 heterocycles. The third-order valence-corrected chi connectivity index (χ3v) is 7.28. The minimum Gasteiger partial charge on any atom is -0.338 e. The zero-order valence-electron chi connectivity index (χ0n) is 21.3. The van der Waals surface area contributed by atoms with Crippen LogP contribution < -0.4 is 16.0 Å². The number of benzene rings is 2. The SMILES string of the molecule is O=C(Nc1ccc2[nH]c(-c3ccc(NC(=O)[C@@H]4CCCN4C(=O)c4cccnc4)cc3)nc2c1)[C@@H]1CCCN1. The van der Waals surface area contributed by atoms with E-state index in [9.17, 15) is 14.4 Å². The molecule has 4 aromatic rings. The van der Waals surface area contributed by atoms with Crippen LogP contribution >= 0.6 is 0 Å². The highest BCUT2D eigenvalue weighted by Gasteiger charge is 2.34. The molecule has 0 spiro atoms. The van der Waals surface area contributed by atoms with Crippen LogP contribution in [0.5, 0.6) is 0 Å². The Morgan fingerprint density at radius 1 is 0.923 bits per heavy atom.